The number of alkyl halides is 2. The summed E-state index contributed by atoms with van der Waals surface area (Å²) in [6, 6.07) is 6.83. The first-order valence-electron chi connectivity index (χ1n) is 7.28. The van der Waals surface area contributed by atoms with Gasteiger partial charge in [0.1, 0.15) is 5.75 Å². The average molecular weight is 327 g/mol. The fourth-order valence-electron chi connectivity index (χ4n) is 2.42. The molecule has 0 amide bonds. The first-order chi connectivity index (χ1) is 10.6. The van der Waals surface area contributed by atoms with E-state index in [-0.39, 0.29) is 5.75 Å². The van der Waals surface area contributed by atoms with Crippen molar-refractivity contribution in [1.29, 1.82) is 0 Å². The Morgan fingerprint density at radius 1 is 1.27 bits per heavy atom. The van der Waals surface area contributed by atoms with Crippen LogP contribution in [-0.2, 0) is 0 Å². The van der Waals surface area contributed by atoms with Gasteiger partial charge in [-0.2, -0.15) is 13.9 Å². The van der Waals surface area contributed by atoms with Crippen molar-refractivity contribution in [2.45, 2.75) is 44.8 Å². The molecule has 0 unspecified atom stereocenters. The van der Waals surface area contributed by atoms with Gasteiger partial charge >= 0.3 is 6.61 Å². The van der Waals surface area contributed by atoms with Gasteiger partial charge in [0.05, 0.1) is 6.21 Å². The summed E-state index contributed by atoms with van der Waals surface area (Å²) in [6.07, 6.45) is 7.32. The van der Waals surface area contributed by atoms with Crippen LogP contribution in [0.5, 0.6) is 5.75 Å². The van der Waals surface area contributed by atoms with Crippen molar-refractivity contribution < 1.29 is 13.5 Å². The van der Waals surface area contributed by atoms with Gasteiger partial charge in [0, 0.05) is 11.6 Å². The molecule has 1 aliphatic rings. The lowest BCUT2D eigenvalue weighted by molar-refractivity contribution is -0.0499. The molecule has 1 aromatic carbocycles. The predicted molar refractivity (Wildman–Crippen MR) is 86.4 cm³/mol. The van der Waals surface area contributed by atoms with Gasteiger partial charge in [0.25, 0.3) is 0 Å². The van der Waals surface area contributed by atoms with Crippen LogP contribution in [0.3, 0.4) is 0 Å². The number of nitrogens with one attached hydrogen (secondary N) is 2. The Labute approximate surface area is 133 Å². The van der Waals surface area contributed by atoms with Crippen LogP contribution in [0.1, 0.15) is 37.7 Å². The Hall–Kier alpha value is -1.76. The lowest BCUT2D eigenvalue weighted by Crippen LogP contribution is -2.40. The highest BCUT2D eigenvalue weighted by atomic mass is 32.1. The summed E-state index contributed by atoms with van der Waals surface area (Å²) in [6.45, 7) is -2.86. The summed E-state index contributed by atoms with van der Waals surface area (Å²) in [4.78, 5) is 0. The largest absolute Gasteiger partial charge is 0.434 e. The number of thiocarbonyl (C=S) groups is 1. The monoisotopic (exact) mass is 327 g/mol. The minimum Gasteiger partial charge on any atom is -0.434 e. The lowest BCUT2D eigenvalue weighted by atomic mass is 9.96. The van der Waals surface area contributed by atoms with Crippen LogP contribution in [0.15, 0.2) is 29.4 Å². The number of hydrogen-bond acceptors (Lipinski definition) is 3. The minimum absolute atomic E-state index is 0.0780. The molecule has 4 nitrogen and oxygen atoms in total. The Bertz CT molecular complexity index is 519. The van der Waals surface area contributed by atoms with Gasteiger partial charge in [0.15, 0.2) is 5.11 Å². The van der Waals surface area contributed by atoms with Crippen LogP contribution in [0, 0.1) is 0 Å². The highest BCUT2D eigenvalue weighted by molar-refractivity contribution is 7.80. The van der Waals surface area contributed by atoms with E-state index in [4.69, 9.17) is 12.2 Å². The van der Waals surface area contributed by atoms with Crippen molar-refractivity contribution in [1.82, 2.24) is 10.7 Å². The summed E-state index contributed by atoms with van der Waals surface area (Å²) >= 11 is 5.17. The second kappa shape index (κ2) is 8.63. The maximum atomic E-state index is 12.3. The van der Waals surface area contributed by atoms with Gasteiger partial charge in [-0.1, -0.05) is 31.4 Å². The van der Waals surface area contributed by atoms with Crippen LogP contribution in [0.25, 0.3) is 0 Å². The lowest BCUT2D eigenvalue weighted by Gasteiger charge is -2.23. The summed E-state index contributed by atoms with van der Waals surface area (Å²) in [5.41, 5.74) is 3.16. The van der Waals surface area contributed by atoms with E-state index in [9.17, 15) is 8.78 Å². The van der Waals surface area contributed by atoms with E-state index in [1.807, 2.05) is 0 Å². The van der Waals surface area contributed by atoms with E-state index in [1.54, 1.807) is 18.2 Å². The van der Waals surface area contributed by atoms with E-state index in [1.165, 1.54) is 31.5 Å². The number of hydrogen-bond donors (Lipinski definition) is 2. The highest BCUT2D eigenvalue weighted by Crippen LogP contribution is 2.18. The SMILES string of the molecule is FC(F)Oc1ccccc1C=NNC(=S)NC1CCCCC1. The first kappa shape index (κ1) is 16.6. The van der Waals surface area contributed by atoms with Gasteiger partial charge in [0.2, 0.25) is 0 Å². The van der Waals surface area contributed by atoms with Crippen molar-refractivity contribution in [3.63, 3.8) is 0 Å². The van der Waals surface area contributed by atoms with Crippen molar-refractivity contribution in [3.05, 3.63) is 29.8 Å². The summed E-state index contributed by atoms with van der Waals surface area (Å²) in [5, 5.41) is 7.62. The molecular weight excluding hydrogens is 308 g/mol. The number of nitrogens with zero attached hydrogens (tertiary/aromatic N) is 1. The molecule has 0 heterocycles. The molecule has 1 saturated carbocycles. The molecule has 2 rings (SSSR count). The third kappa shape index (κ3) is 5.55. The Morgan fingerprint density at radius 2 is 2.00 bits per heavy atom. The molecule has 2 N–H and O–H groups in total. The molecule has 1 aromatic rings. The van der Waals surface area contributed by atoms with E-state index in [2.05, 4.69) is 20.6 Å². The van der Waals surface area contributed by atoms with Crippen molar-refractivity contribution in [2.24, 2.45) is 5.10 Å². The molecule has 0 atom stereocenters. The van der Waals surface area contributed by atoms with E-state index in [0.29, 0.717) is 16.7 Å². The first-order valence-corrected chi connectivity index (χ1v) is 7.69. The molecule has 22 heavy (non-hydrogen) atoms. The van der Waals surface area contributed by atoms with Crippen molar-refractivity contribution >= 4 is 23.5 Å². The fraction of sp³-hybridized carbons (Fsp3) is 0.467. The second-order valence-electron chi connectivity index (χ2n) is 5.09. The topological polar surface area (TPSA) is 45.6 Å². The maximum absolute atomic E-state index is 12.3. The van der Waals surface area contributed by atoms with Crippen LogP contribution in [0.2, 0.25) is 0 Å². The summed E-state index contributed by atoms with van der Waals surface area (Å²) in [7, 11) is 0. The maximum Gasteiger partial charge on any atom is 0.387 e. The normalized spacial score (nSPS) is 16.0. The van der Waals surface area contributed by atoms with Crippen LogP contribution < -0.4 is 15.5 Å². The molecule has 0 bridgehead atoms. The highest BCUT2D eigenvalue weighted by Gasteiger charge is 2.13. The molecular formula is C15H19F2N3OS. The molecule has 120 valence electrons. The summed E-state index contributed by atoms with van der Waals surface area (Å²) < 4.78 is 29.0. The molecule has 0 spiro atoms. The molecule has 0 aromatic heterocycles. The van der Waals surface area contributed by atoms with Crippen molar-refractivity contribution in [2.75, 3.05) is 0 Å². The molecule has 1 fully saturated rings. The van der Waals surface area contributed by atoms with Gasteiger partial charge in [-0.3, -0.25) is 5.43 Å². The molecule has 0 aliphatic heterocycles. The fourth-order valence-corrected chi connectivity index (χ4v) is 2.63. The van der Waals surface area contributed by atoms with Crippen LogP contribution >= 0.6 is 12.2 Å². The van der Waals surface area contributed by atoms with Crippen LogP contribution in [0.4, 0.5) is 8.78 Å². The minimum atomic E-state index is -2.86. The molecule has 1 aliphatic carbocycles. The van der Waals surface area contributed by atoms with E-state index >= 15 is 0 Å². The van der Waals surface area contributed by atoms with Gasteiger partial charge < -0.3 is 10.1 Å². The Balaban J connectivity index is 1.85. The second-order valence-corrected chi connectivity index (χ2v) is 5.50. The third-order valence-electron chi connectivity index (χ3n) is 3.45. The number of ether oxygens (including phenoxy) is 1. The Morgan fingerprint density at radius 3 is 2.73 bits per heavy atom. The zero-order valence-electron chi connectivity index (χ0n) is 12.1. The third-order valence-corrected chi connectivity index (χ3v) is 3.65. The van der Waals surface area contributed by atoms with E-state index in [0.717, 1.165) is 12.8 Å². The van der Waals surface area contributed by atoms with E-state index < -0.39 is 6.61 Å². The van der Waals surface area contributed by atoms with Gasteiger partial charge in [-0.15, -0.1) is 0 Å². The number of benzene rings is 1. The number of para-hydroxylation sites is 1. The number of halogens is 2. The predicted octanol–water partition coefficient (Wildman–Crippen LogP) is 3.42. The number of rotatable bonds is 5. The molecule has 0 radical (unpaired) electrons. The molecule has 7 heteroatoms. The van der Waals surface area contributed by atoms with Crippen LogP contribution in [-0.4, -0.2) is 24.0 Å². The molecule has 0 saturated heterocycles. The quantitative estimate of drug-likeness (QED) is 0.494. The van der Waals surface area contributed by atoms with Crippen molar-refractivity contribution in [3.8, 4) is 5.75 Å². The summed E-state index contributed by atoms with van der Waals surface area (Å²) in [5.74, 6) is 0.0780. The standard InChI is InChI=1S/C15H19F2N3OS/c16-14(17)21-13-9-5-4-6-11(13)10-18-20-15(22)19-12-7-2-1-3-8-12/h4-6,9-10,12,14H,1-3,7-8H2,(H2,19,20,22). The average Bonchev–Trinajstić information content (AvgIpc) is 2.49. The number of hydrazone groups is 1. The van der Waals surface area contributed by atoms with Gasteiger partial charge in [-0.25, -0.2) is 0 Å². The zero-order valence-corrected chi connectivity index (χ0v) is 12.9. The van der Waals surface area contributed by atoms with Gasteiger partial charge in [-0.05, 0) is 37.2 Å². The smallest absolute Gasteiger partial charge is 0.387 e. The zero-order chi connectivity index (χ0) is 15.8. The Kier molecular flexibility index (Phi) is 6.51.